The van der Waals surface area contributed by atoms with Gasteiger partial charge in [-0.05, 0) is 36.4 Å². The highest BCUT2D eigenvalue weighted by molar-refractivity contribution is 7.21. The Morgan fingerprint density at radius 3 is 2.81 bits per heavy atom. The van der Waals surface area contributed by atoms with Crippen LogP contribution in [0.2, 0.25) is 0 Å². The Hall–Kier alpha value is -3.36. The molecule has 2 aromatic heterocycles. The van der Waals surface area contributed by atoms with Crippen LogP contribution < -0.4 is 20.7 Å². The molecule has 31 heavy (non-hydrogen) atoms. The minimum Gasteiger partial charge on any atom is -0.497 e. The molecular formula is C23H22N4O3S. The van der Waals surface area contributed by atoms with Gasteiger partial charge in [0.2, 0.25) is 0 Å². The highest BCUT2D eigenvalue weighted by Gasteiger charge is 2.21. The number of nitrogens with zero attached hydrogens (tertiary/aromatic N) is 2. The number of morpholine rings is 1. The number of carbonyl (C=O) groups excluding carboxylic acids is 1. The molecule has 0 saturated carbocycles. The van der Waals surface area contributed by atoms with Crippen molar-refractivity contribution < 1.29 is 14.3 Å². The Morgan fingerprint density at radius 1 is 1.19 bits per heavy atom. The number of hydrogen-bond acceptors (Lipinski definition) is 7. The van der Waals surface area contributed by atoms with Crippen LogP contribution in [0.15, 0.2) is 48.5 Å². The molecule has 2 aromatic carbocycles. The van der Waals surface area contributed by atoms with Crippen LogP contribution in [0.1, 0.15) is 9.67 Å². The molecule has 4 aromatic rings. The number of ether oxygens (including phenoxy) is 2. The quantitative estimate of drug-likeness (QED) is 0.502. The highest BCUT2D eigenvalue weighted by Crippen LogP contribution is 2.36. The van der Waals surface area contributed by atoms with Crippen molar-refractivity contribution in [2.45, 2.75) is 0 Å². The van der Waals surface area contributed by atoms with Crippen LogP contribution in [0.5, 0.6) is 5.75 Å². The number of nitrogen functional groups attached to an aromatic ring is 1. The average Bonchev–Trinajstić information content (AvgIpc) is 3.13. The number of carbonyl (C=O) groups is 1. The number of pyridine rings is 1. The van der Waals surface area contributed by atoms with Gasteiger partial charge in [0.1, 0.15) is 15.5 Å². The fourth-order valence-electron chi connectivity index (χ4n) is 3.82. The summed E-state index contributed by atoms with van der Waals surface area (Å²) in [6.45, 7) is 2.93. The minimum absolute atomic E-state index is 0.233. The number of hydrogen-bond donors (Lipinski definition) is 2. The van der Waals surface area contributed by atoms with Crippen molar-refractivity contribution in [2.24, 2.45) is 0 Å². The molecule has 0 spiro atoms. The summed E-state index contributed by atoms with van der Waals surface area (Å²) in [4.78, 5) is 21.3. The van der Waals surface area contributed by atoms with Gasteiger partial charge in [0.15, 0.2) is 0 Å². The number of nitrogens with two attached hydrogens (primary N) is 1. The molecule has 3 heterocycles. The van der Waals surface area contributed by atoms with Crippen LogP contribution in [0, 0.1) is 0 Å². The summed E-state index contributed by atoms with van der Waals surface area (Å²) >= 11 is 1.30. The Labute approximate surface area is 183 Å². The standard InChI is InChI=1S/C23H22N4O3S/c1-29-15-6-7-17-14(12-15)13-16-20(24)21(31-23(16)26-17)22(28)25-18-4-2-3-5-19(18)27-8-10-30-11-9-27/h2-7,12-13H,8-11,24H2,1H3,(H,25,28). The van der Waals surface area contributed by atoms with Gasteiger partial charge in [0.25, 0.3) is 5.91 Å². The second kappa shape index (κ2) is 8.05. The number of rotatable bonds is 4. The lowest BCUT2D eigenvalue weighted by Crippen LogP contribution is -2.36. The maximum atomic E-state index is 13.2. The molecule has 0 aliphatic carbocycles. The maximum absolute atomic E-state index is 13.2. The largest absolute Gasteiger partial charge is 0.497 e. The van der Waals surface area contributed by atoms with E-state index in [1.165, 1.54) is 11.3 Å². The second-order valence-corrected chi connectivity index (χ2v) is 8.31. The van der Waals surface area contributed by atoms with E-state index < -0.39 is 0 Å². The summed E-state index contributed by atoms with van der Waals surface area (Å²) in [7, 11) is 1.63. The van der Waals surface area contributed by atoms with Gasteiger partial charge in [0, 0.05) is 23.9 Å². The summed E-state index contributed by atoms with van der Waals surface area (Å²) in [6.07, 6.45) is 0. The van der Waals surface area contributed by atoms with E-state index in [2.05, 4.69) is 10.2 Å². The molecule has 1 aliphatic heterocycles. The molecule has 0 atom stereocenters. The van der Waals surface area contributed by atoms with Crippen molar-refractivity contribution in [1.29, 1.82) is 0 Å². The number of benzene rings is 2. The molecule has 0 radical (unpaired) electrons. The van der Waals surface area contributed by atoms with Gasteiger partial charge in [-0.2, -0.15) is 0 Å². The lowest BCUT2D eigenvalue weighted by Gasteiger charge is -2.30. The SMILES string of the molecule is COc1ccc2nc3sc(C(=O)Nc4ccccc4N4CCOCC4)c(N)c3cc2c1. The Bertz CT molecular complexity index is 1280. The molecule has 158 valence electrons. The van der Waals surface area contributed by atoms with Gasteiger partial charge in [0.05, 0.1) is 42.9 Å². The van der Waals surface area contributed by atoms with Gasteiger partial charge in [-0.25, -0.2) is 4.98 Å². The molecule has 5 rings (SSSR count). The molecule has 3 N–H and O–H groups in total. The van der Waals surface area contributed by atoms with Crippen LogP contribution in [0.25, 0.3) is 21.1 Å². The molecule has 8 heteroatoms. The first-order chi connectivity index (χ1) is 15.1. The Balaban J connectivity index is 1.49. The third-order valence-corrected chi connectivity index (χ3v) is 6.54. The molecule has 0 bridgehead atoms. The molecule has 1 fully saturated rings. The van der Waals surface area contributed by atoms with E-state index in [4.69, 9.17) is 20.2 Å². The van der Waals surface area contributed by atoms with Crippen molar-refractivity contribution in [3.63, 3.8) is 0 Å². The van der Waals surface area contributed by atoms with Crippen molar-refractivity contribution >= 4 is 55.4 Å². The summed E-state index contributed by atoms with van der Waals surface area (Å²) < 4.78 is 10.8. The number of fused-ring (bicyclic) bond motifs is 2. The van der Waals surface area contributed by atoms with E-state index in [9.17, 15) is 4.79 Å². The number of anilines is 3. The van der Waals surface area contributed by atoms with Crippen molar-refractivity contribution in [1.82, 2.24) is 4.98 Å². The van der Waals surface area contributed by atoms with E-state index in [1.54, 1.807) is 7.11 Å². The zero-order chi connectivity index (χ0) is 21.4. The number of amides is 1. The van der Waals surface area contributed by atoms with Gasteiger partial charge in [-0.3, -0.25) is 4.79 Å². The minimum atomic E-state index is -0.233. The topological polar surface area (TPSA) is 89.7 Å². The van der Waals surface area contributed by atoms with Crippen molar-refractivity contribution in [3.8, 4) is 5.75 Å². The van der Waals surface area contributed by atoms with Gasteiger partial charge in [-0.15, -0.1) is 11.3 Å². The van der Waals surface area contributed by atoms with E-state index in [0.717, 1.165) is 51.3 Å². The lowest BCUT2D eigenvalue weighted by molar-refractivity contribution is 0.103. The summed E-state index contributed by atoms with van der Waals surface area (Å²) in [5, 5.41) is 4.74. The third-order valence-electron chi connectivity index (χ3n) is 5.43. The van der Waals surface area contributed by atoms with E-state index in [1.807, 2.05) is 48.5 Å². The first-order valence-electron chi connectivity index (χ1n) is 10.0. The lowest BCUT2D eigenvalue weighted by atomic mass is 10.1. The van der Waals surface area contributed by atoms with Crippen LogP contribution >= 0.6 is 11.3 Å². The number of aromatic nitrogens is 1. The third kappa shape index (κ3) is 3.64. The monoisotopic (exact) mass is 434 g/mol. The van der Waals surface area contributed by atoms with E-state index in [0.29, 0.717) is 23.8 Å². The Morgan fingerprint density at radius 2 is 2.00 bits per heavy atom. The van der Waals surface area contributed by atoms with Crippen LogP contribution in [-0.2, 0) is 4.74 Å². The van der Waals surface area contributed by atoms with Crippen molar-refractivity contribution in [2.75, 3.05) is 49.4 Å². The highest BCUT2D eigenvalue weighted by atomic mass is 32.1. The predicted octanol–water partition coefficient (Wildman–Crippen LogP) is 4.13. The number of thiophene rings is 1. The van der Waals surface area contributed by atoms with Gasteiger partial charge >= 0.3 is 0 Å². The van der Waals surface area contributed by atoms with E-state index >= 15 is 0 Å². The average molecular weight is 435 g/mol. The number of nitrogens with one attached hydrogen (secondary N) is 1. The first kappa shape index (κ1) is 19.6. The summed E-state index contributed by atoms with van der Waals surface area (Å²) in [5.41, 5.74) is 9.40. The maximum Gasteiger partial charge on any atom is 0.268 e. The van der Waals surface area contributed by atoms with Crippen LogP contribution in [0.3, 0.4) is 0 Å². The summed E-state index contributed by atoms with van der Waals surface area (Å²) in [6, 6.07) is 15.5. The van der Waals surface area contributed by atoms with Gasteiger partial charge in [-0.1, -0.05) is 12.1 Å². The second-order valence-electron chi connectivity index (χ2n) is 7.32. The predicted molar refractivity (Wildman–Crippen MR) is 126 cm³/mol. The zero-order valence-electron chi connectivity index (χ0n) is 17.1. The number of methoxy groups -OCH3 is 1. The zero-order valence-corrected chi connectivity index (χ0v) is 17.9. The number of para-hydroxylation sites is 2. The van der Waals surface area contributed by atoms with Crippen LogP contribution in [-0.4, -0.2) is 44.3 Å². The van der Waals surface area contributed by atoms with Crippen molar-refractivity contribution in [3.05, 3.63) is 53.4 Å². The first-order valence-corrected chi connectivity index (χ1v) is 10.9. The van der Waals surface area contributed by atoms with Gasteiger partial charge < -0.3 is 25.4 Å². The molecule has 7 nitrogen and oxygen atoms in total. The molecular weight excluding hydrogens is 412 g/mol. The smallest absolute Gasteiger partial charge is 0.268 e. The molecule has 1 amide bonds. The van der Waals surface area contributed by atoms with E-state index in [-0.39, 0.29) is 5.91 Å². The fraction of sp³-hybridized carbons (Fsp3) is 0.217. The summed E-state index contributed by atoms with van der Waals surface area (Å²) in [5.74, 6) is 0.517. The fourth-order valence-corrected chi connectivity index (χ4v) is 4.80. The molecule has 1 saturated heterocycles. The molecule has 0 unspecified atom stereocenters. The van der Waals surface area contributed by atoms with Crippen LogP contribution in [0.4, 0.5) is 17.1 Å². The molecule has 1 aliphatic rings. The normalized spacial score (nSPS) is 14.2. The Kier molecular flexibility index (Phi) is 5.09.